The van der Waals surface area contributed by atoms with Crippen LogP contribution < -0.4 is 11.1 Å². The lowest BCUT2D eigenvalue weighted by Crippen LogP contribution is -2.64. The fourth-order valence-corrected chi connectivity index (χ4v) is 3.24. The topological polar surface area (TPSA) is 59.6 Å². The molecule has 0 amide bonds. The van der Waals surface area contributed by atoms with Gasteiger partial charge in [-0.05, 0) is 26.7 Å². The van der Waals surface area contributed by atoms with Crippen molar-refractivity contribution in [1.82, 2.24) is 5.32 Å². The van der Waals surface area contributed by atoms with Crippen LogP contribution in [0, 0.1) is 11.3 Å². The standard InChI is InChI=1S/C13H25N3O/c1-8(2)15-12(14)16-10-9-6-5-7-17-11(9)13(10,3)4/h8-11H,5-7H2,1-4H3,(H3,14,15,16). The van der Waals surface area contributed by atoms with Gasteiger partial charge in [0.25, 0.3) is 0 Å². The van der Waals surface area contributed by atoms with Crippen molar-refractivity contribution in [1.29, 1.82) is 0 Å². The number of hydrogen-bond donors (Lipinski definition) is 2. The molecule has 4 heteroatoms. The van der Waals surface area contributed by atoms with Crippen LogP contribution in [0.4, 0.5) is 0 Å². The van der Waals surface area contributed by atoms with Crippen LogP contribution in [0.25, 0.3) is 0 Å². The quantitative estimate of drug-likeness (QED) is 0.567. The van der Waals surface area contributed by atoms with Crippen LogP contribution in [0.5, 0.6) is 0 Å². The molecule has 2 aliphatic rings. The number of hydrogen-bond acceptors (Lipinski definition) is 2. The Balaban J connectivity index is 2.05. The molecule has 1 saturated carbocycles. The van der Waals surface area contributed by atoms with Gasteiger partial charge in [-0.3, -0.25) is 0 Å². The Bertz CT molecular complexity index is 312. The molecule has 1 aliphatic carbocycles. The fraction of sp³-hybridized carbons (Fsp3) is 0.923. The van der Waals surface area contributed by atoms with Crippen LogP contribution in [0.15, 0.2) is 4.99 Å². The van der Waals surface area contributed by atoms with Crippen LogP contribution in [-0.4, -0.2) is 30.8 Å². The Morgan fingerprint density at radius 3 is 2.82 bits per heavy atom. The molecular formula is C13H25N3O. The van der Waals surface area contributed by atoms with Gasteiger partial charge < -0.3 is 15.8 Å². The van der Waals surface area contributed by atoms with Crippen LogP contribution in [0.3, 0.4) is 0 Å². The van der Waals surface area contributed by atoms with E-state index >= 15 is 0 Å². The van der Waals surface area contributed by atoms with Gasteiger partial charge in [0.1, 0.15) is 0 Å². The molecule has 17 heavy (non-hydrogen) atoms. The molecule has 0 aromatic heterocycles. The molecule has 0 aromatic carbocycles. The molecule has 3 atom stereocenters. The van der Waals surface area contributed by atoms with E-state index in [1.807, 2.05) is 0 Å². The van der Waals surface area contributed by atoms with Crippen molar-refractivity contribution in [3.05, 3.63) is 0 Å². The molecule has 0 radical (unpaired) electrons. The molecule has 2 fully saturated rings. The lowest BCUT2D eigenvalue weighted by atomic mass is 9.55. The number of rotatable bonds is 2. The lowest BCUT2D eigenvalue weighted by Gasteiger charge is -2.58. The Kier molecular flexibility index (Phi) is 3.34. The summed E-state index contributed by atoms with van der Waals surface area (Å²) in [6.45, 7) is 9.51. The molecule has 1 aliphatic heterocycles. The molecular weight excluding hydrogens is 214 g/mol. The minimum atomic E-state index is 0.119. The smallest absolute Gasteiger partial charge is 0.189 e. The van der Waals surface area contributed by atoms with Crippen molar-refractivity contribution in [2.24, 2.45) is 22.1 Å². The van der Waals surface area contributed by atoms with Gasteiger partial charge >= 0.3 is 0 Å². The molecule has 1 heterocycles. The molecule has 0 bridgehead atoms. The van der Waals surface area contributed by atoms with Crippen molar-refractivity contribution in [3.8, 4) is 0 Å². The predicted octanol–water partition coefficient (Wildman–Crippen LogP) is 1.50. The fourth-order valence-electron chi connectivity index (χ4n) is 3.24. The van der Waals surface area contributed by atoms with E-state index in [1.54, 1.807) is 0 Å². The highest BCUT2D eigenvalue weighted by Gasteiger charge is 2.58. The van der Waals surface area contributed by atoms with E-state index in [4.69, 9.17) is 10.5 Å². The van der Waals surface area contributed by atoms with Gasteiger partial charge in [-0.15, -0.1) is 0 Å². The van der Waals surface area contributed by atoms with Crippen molar-refractivity contribution in [3.63, 3.8) is 0 Å². The summed E-state index contributed by atoms with van der Waals surface area (Å²) in [6.07, 6.45) is 2.75. The van der Waals surface area contributed by atoms with Crippen LogP contribution in [-0.2, 0) is 4.74 Å². The molecule has 1 saturated heterocycles. The Labute approximate surface area is 104 Å². The molecule has 0 spiro atoms. The maximum absolute atomic E-state index is 5.93. The van der Waals surface area contributed by atoms with Crippen LogP contribution >= 0.6 is 0 Å². The van der Waals surface area contributed by atoms with Gasteiger partial charge in [-0.2, -0.15) is 0 Å². The first kappa shape index (κ1) is 12.7. The van der Waals surface area contributed by atoms with E-state index in [0.717, 1.165) is 13.0 Å². The van der Waals surface area contributed by atoms with Gasteiger partial charge in [0, 0.05) is 24.0 Å². The molecule has 3 unspecified atom stereocenters. The molecule has 2 rings (SSSR count). The second-order valence-corrected chi connectivity index (χ2v) is 6.18. The van der Waals surface area contributed by atoms with Crippen molar-refractivity contribution >= 4 is 5.96 Å². The number of guanidine groups is 1. The maximum Gasteiger partial charge on any atom is 0.189 e. The zero-order chi connectivity index (χ0) is 12.6. The second kappa shape index (κ2) is 4.48. The second-order valence-electron chi connectivity index (χ2n) is 6.18. The summed E-state index contributed by atoms with van der Waals surface area (Å²) in [5.41, 5.74) is 6.05. The number of ether oxygens (including phenoxy) is 1. The number of nitrogens with two attached hydrogens (primary N) is 1. The predicted molar refractivity (Wildman–Crippen MR) is 69.9 cm³/mol. The van der Waals surface area contributed by atoms with E-state index in [0.29, 0.717) is 30.1 Å². The minimum absolute atomic E-state index is 0.119. The van der Waals surface area contributed by atoms with Crippen molar-refractivity contribution < 1.29 is 4.74 Å². The number of aliphatic imine (C=N–C) groups is 1. The van der Waals surface area contributed by atoms with Crippen molar-refractivity contribution in [2.45, 2.75) is 58.7 Å². The van der Waals surface area contributed by atoms with Crippen LogP contribution in [0.1, 0.15) is 40.5 Å². The van der Waals surface area contributed by atoms with Crippen molar-refractivity contribution in [2.75, 3.05) is 6.61 Å². The number of nitrogens with zero attached hydrogens (tertiary/aromatic N) is 1. The zero-order valence-corrected chi connectivity index (χ0v) is 11.4. The van der Waals surface area contributed by atoms with E-state index in [2.05, 4.69) is 38.0 Å². The van der Waals surface area contributed by atoms with Gasteiger partial charge in [0.05, 0.1) is 12.1 Å². The highest BCUT2D eigenvalue weighted by Crippen LogP contribution is 2.52. The molecule has 98 valence electrons. The summed E-state index contributed by atoms with van der Waals surface area (Å²) in [5.74, 6) is 1.13. The van der Waals surface area contributed by atoms with E-state index < -0.39 is 0 Å². The summed E-state index contributed by atoms with van der Waals surface area (Å²) < 4.78 is 5.85. The first-order chi connectivity index (χ1) is 7.93. The lowest BCUT2D eigenvalue weighted by molar-refractivity contribution is -0.182. The van der Waals surface area contributed by atoms with Gasteiger partial charge in [0.2, 0.25) is 0 Å². The SMILES string of the molecule is CC(C)NC(N)=NC1C2CCCOC2C1(C)C. The normalized spacial score (nSPS) is 36.3. The molecule has 4 nitrogen and oxygen atoms in total. The number of fused-ring (bicyclic) bond motifs is 1. The Morgan fingerprint density at radius 2 is 2.18 bits per heavy atom. The maximum atomic E-state index is 5.93. The first-order valence-electron chi connectivity index (χ1n) is 6.64. The first-order valence-corrected chi connectivity index (χ1v) is 6.64. The van der Waals surface area contributed by atoms with E-state index in [9.17, 15) is 0 Å². The third-order valence-electron chi connectivity index (χ3n) is 3.98. The van der Waals surface area contributed by atoms with E-state index in [-0.39, 0.29) is 5.41 Å². The summed E-state index contributed by atoms with van der Waals surface area (Å²) in [5, 5.41) is 3.16. The third kappa shape index (κ3) is 2.28. The van der Waals surface area contributed by atoms with Crippen LogP contribution in [0.2, 0.25) is 0 Å². The highest BCUT2D eigenvalue weighted by molar-refractivity contribution is 5.78. The van der Waals surface area contributed by atoms with Gasteiger partial charge in [-0.1, -0.05) is 13.8 Å². The number of nitrogens with one attached hydrogen (secondary N) is 1. The Hall–Kier alpha value is -0.770. The minimum Gasteiger partial charge on any atom is -0.377 e. The summed E-state index contributed by atoms with van der Waals surface area (Å²) in [4.78, 5) is 4.66. The van der Waals surface area contributed by atoms with E-state index in [1.165, 1.54) is 6.42 Å². The zero-order valence-electron chi connectivity index (χ0n) is 11.4. The average Bonchev–Trinajstić information content (AvgIpc) is 2.25. The highest BCUT2D eigenvalue weighted by atomic mass is 16.5. The van der Waals surface area contributed by atoms with Gasteiger partial charge in [0.15, 0.2) is 5.96 Å². The molecule has 0 aromatic rings. The Morgan fingerprint density at radius 1 is 1.47 bits per heavy atom. The monoisotopic (exact) mass is 239 g/mol. The average molecular weight is 239 g/mol. The summed E-state index contributed by atoms with van der Waals surface area (Å²) in [6, 6.07) is 0.638. The summed E-state index contributed by atoms with van der Waals surface area (Å²) in [7, 11) is 0. The third-order valence-corrected chi connectivity index (χ3v) is 3.98. The molecule has 3 N–H and O–H groups in total. The largest absolute Gasteiger partial charge is 0.377 e. The summed E-state index contributed by atoms with van der Waals surface area (Å²) >= 11 is 0. The van der Waals surface area contributed by atoms with Gasteiger partial charge in [-0.25, -0.2) is 4.99 Å².